The van der Waals surface area contributed by atoms with Crippen molar-refractivity contribution in [1.29, 1.82) is 0 Å². The van der Waals surface area contributed by atoms with Crippen molar-refractivity contribution < 1.29 is 4.79 Å². The third kappa shape index (κ3) is 4.05. The van der Waals surface area contributed by atoms with Gasteiger partial charge in [-0.2, -0.15) is 0 Å². The summed E-state index contributed by atoms with van der Waals surface area (Å²) in [5.74, 6) is 0.663. The monoisotopic (exact) mass is 224 g/mol. The van der Waals surface area contributed by atoms with Gasteiger partial charge >= 0.3 is 0 Å². The van der Waals surface area contributed by atoms with Crippen LogP contribution in [0.1, 0.15) is 31.4 Å². The summed E-state index contributed by atoms with van der Waals surface area (Å²) < 4.78 is 0. The molecule has 2 heteroatoms. The fourth-order valence-corrected chi connectivity index (χ4v) is 1.92. The lowest BCUT2D eigenvalue weighted by molar-refractivity contribution is -0.117. The van der Waals surface area contributed by atoms with Crippen molar-refractivity contribution in [3.63, 3.8) is 0 Å². The van der Waals surface area contributed by atoms with Crippen LogP contribution in [0.5, 0.6) is 0 Å². The first-order chi connectivity index (χ1) is 6.99. The van der Waals surface area contributed by atoms with Crippen molar-refractivity contribution in [2.75, 3.05) is 0 Å². The summed E-state index contributed by atoms with van der Waals surface area (Å²) >= 11 is 5.95. The Morgan fingerprint density at radius 1 is 1.47 bits per heavy atom. The fourth-order valence-electron chi connectivity index (χ4n) is 1.80. The molecule has 1 unspecified atom stereocenters. The summed E-state index contributed by atoms with van der Waals surface area (Å²) in [7, 11) is 0. The highest BCUT2D eigenvalue weighted by atomic mass is 35.5. The average molecular weight is 225 g/mol. The van der Waals surface area contributed by atoms with E-state index in [-0.39, 0.29) is 5.78 Å². The van der Waals surface area contributed by atoms with Gasteiger partial charge in [0.05, 0.1) is 0 Å². The summed E-state index contributed by atoms with van der Waals surface area (Å²) in [5.41, 5.74) is 2.36. The number of carbonyl (C=O) groups excluding carboxylic acids is 1. The number of hydrogen-bond acceptors (Lipinski definition) is 1. The van der Waals surface area contributed by atoms with E-state index in [2.05, 4.69) is 13.0 Å². The maximum absolute atomic E-state index is 10.9. The molecular weight excluding hydrogens is 208 g/mol. The minimum absolute atomic E-state index is 0.258. The third-order valence-electron chi connectivity index (χ3n) is 2.44. The summed E-state index contributed by atoms with van der Waals surface area (Å²) in [5, 5.41) is 0.804. The van der Waals surface area contributed by atoms with Gasteiger partial charge in [-0.3, -0.25) is 0 Å². The number of rotatable bonds is 4. The van der Waals surface area contributed by atoms with Crippen molar-refractivity contribution >= 4 is 17.4 Å². The Kier molecular flexibility index (Phi) is 4.34. The highest BCUT2D eigenvalue weighted by molar-refractivity contribution is 6.31. The molecule has 0 saturated carbocycles. The largest absolute Gasteiger partial charge is 0.300 e. The van der Waals surface area contributed by atoms with E-state index in [9.17, 15) is 4.79 Å². The molecule has 0 aliphatic rings. The molecule has 0 N–H and O–H groups in total. The van der Waals surface area contributed by atoms with E-state index in [0.29, 0.717) is 12.3 Å². The molecule has 0 radical (unpaired) electrons. The number of carbonyl (C=O) groups is 1. The fraction of sp³-hybridized carbons (Fsp3) is 0.462. The first kappa shape index (κ1) is 12.3. The predicted octanol–water partition coefficient (Wildman–Crippen LogP) is 3.81. The highest BCUT2D eigenvalue weighted by Crippen LogP contribution is 2.19. The number of halogens is 1. The lowest BCUT2D eigenvalue weighted by Gasteiger charge is -2.10. The summed E-state index contributed by atoms with van der Waals surface area (Å²) in [6, 6.07) is 6.05. The molecule has 0 spiro atoms. The number of hydrogen-bond donors (Lipinski definition) is 0. The van der Waals surface area contributed by atoms with E-state index in [1.165, 1.54) is 5.56 Å². The van der Waals surface area contributed by atoms with Crippen molar-refractivity contribution in [1.82, 2.24) is 0 Å². The molecule has 1 aromatic carbocycles. The molecule has 1 aromatic rings. The van der Waals surface area contributed by atoms with E-state index in [1.54, 1.807) is 6.92 Å². The quantitative estimate of drug-likeness (QED) is 0.760. The molecule has 0 aliphatic carbocycles. The van der Waals surface area contributed by atoms with Crippen LogP contribution in [0.25, 0.3) is 0 Å². The molecule has 0 aliphatic heterocycles. The highest BCUT2D eigenvalue weighted by Gasteiger charge is 2.07. The number of ketones is 1. The van der Waals surface area contributed by atoms with Gasteiger partial charge in [0.1, 0.15) is 5.78 Å². The second-order valence-electron chi connectivity index (χ2n) is 4.30. The molecule has 1 rings (SSSR count). The Morgan fingerprint density at radius 3 is 2.67 bits per heavy atom. The van der Waals surface area contributed by atoms with Gasteiger partial charge in [-0.1, -0.05) is 30.7 Å². The van der Waals surface area contributed by atoms with Gasteiger partial charge in [-0.25, -0.2) is 0 Å². The Morgan fingerprint density at radius 2 is 2.13 bits per heavy atom. The van der Waals surface area contributed by atoms with Crippen LogP contribution >= 0.6 is 11.6 Å². The van der Waals surface area contributed by atoms with Crippen molar-refractivity contribution in [3.05, 3.63) is 34.3 Å². The van der Waals surface area contributed by atoms with E-state index in [0.717, 1.165) is 17.0 Å². The lowest BCUT2D eigenvalue weighted by Crippen LogP contribution is -2.05. The zero-order valence-electron chi connectivity index (χ0n) is 9.51. The molecule has 0 aromatic heterocycles. The predicted molar refractivity (Wildman–Crippen MR) is 64.4 cm³/mol. The summed E-state index contributed by atoms with van der Waals surface area (Å²) in [6.45, 7) is 5.75. The number of benzene rings is 1. The molecule has 0 amide bonds. The maximum atomic E-state index is 10.9. The molecule has 0 bridgehead atoms. The van der Waals surface area contributed by atoms with Crippen LogP contribution in [0.2, 0.25) is 5.02 Å². The number of aryl methyl sites for hydroxylation is 1. The second kappa shape index (κ2) is 5.32. The first-order valence-electron chi connectivity index (χ1n) is 5.23. The van der Waals surface area contributed by atoms with Crippen LogP contribution in [0, 0.1) is 12.8 Å². The third-order valence-corrected chi connectivity index (χ3v) is 2.87. The molecule has 82 valence electrons. The molecule has 0 saturated heterocycles. The van der Waals surface area contributed by atoms with Gasteiger partial charge in [0.15, 0.2) is 0 Å². The summed E-state index contributed by atoms with van der Waals surface area (Å²) in [4.78, 5) is 10.9. The Balaban J connectivity index is 2.64. The van der Waals surface area contributed by atoms with Crippen LogP contribution in [0.4, 0.5) is 0 Å². The van der Waals surface area contributed by atoms with Crippen LogP contribution < -0.4 is 0 Å². The van der Waals surface area contributed by atoms with Gasteiger partial charge in [-0.05, 0) is 43.4 Å². The van der Waals surface area contributed by atoms with Crippen molar-refractivity contribution in [2.45, 2.75) is 33.6 Å². The second-order valence-corrected chi connectivity index (χ2v) is 4.71. The van der Waals surface area contributed by atoms with Gasteiger partial charge in [0.2, 0.25) is 0 Å². The molecule has 0 heterocycles. The number of Topliss-reactive ketones (excluding diaryl/α,β-unsaturated/α-hetero) is 1. The summed E-state index contributed by atoms with van der Waals surface area (Å²) in [6.07, 6.45) is 1.60. The molecule has 0 fully saturated rings. The van der Waals surface area contributed by atoms with E-state index in [4.69, 9.17) is 11.6 Å². The Labute approximate surface area is 96.5 Å². The Bertz CT molecular complexity index is 358. The standard InChI is InChI=1S/C13H17ClO/c1-9(6-11(3)15)7-12-4-5-13(14)10(2)8-12/h4-5,8-9H,6-7H2,1-3H3. The van der Waals surface area contributed by atoms with Crippen LogP contribution in [-0.2, 0) is 11.2 Å². The van der Waals surface area contributed by atoms with Crippen molar-refractivity contribution in [2.24, 2.45) is 5.92 Å². The van der Waals surface area contributed by atoms with Gasteiger partial charge in [0.25, 0.3) is 0 Å². The lowest BCUT2D eigenvalue weighted by atomic mass is 9.96. The maximum Gasteiger partial charge on any atom is 0.130 e. The first-order valence-corrected chi connectivity index (χ1v) is 5.61. The van der Waals surface area contributed by atoms with Crippen molar-refractivity contribution in [3.8, 4) is 0 Å². The van der Waals surface area contributed by atoms with E-state index in [1.807, 2.05) is 19.1 Å². The topological polar surface area (TPSA) is 17.1 Å². The molecular formula is C13H17ClO. The van der Waals surface area contributed by atoms with E-state index < -0.39 is 0 Å². The zero-order valence-corrected chi connectivity index (χ0v) is 10.3. The molecule has 1 atom stereocenters. The van der Waals surface area contributed by atoms with Crippen LogP contribution in [-0.4, -0.2) is 5.78 Å². The smallest absolute Gasteiger partial charge is 0.130 e. The molecule has 1 nitrogen and oxygen atoms in total. The van der Waals surface area contributed by atoms with Gasteiger partial charge in [0, 0.05) is 11.4 Å². The normalized spacial score (nSPS) is 12.5. The minimum Gasteiger partial charge on any atom is -0.300 e. The van der Waals surface area contributed by atoms with Crippen LogP contribution in [0.3, 0.4) is 0 Å². The molecule has 15 heavy (non-hydrogen) atoms. The zero-order chi connectivity index (χ0) is 11.4. The van der Waals surface area contributed by atoms with Gasteiger partial charge < -0.3 is 4.79 Å². The minimum atomic E-state index is 0.258. The van der Waals surface area contributed by atoms with E-state index >= 15 is 0 Å². The average Bonchev–Trinajstić information content (AvgIpc) is 2.10. The Hall–Kier alpha value is -0.820. The van der Waals surface area contributed by atoms with Gasteiger partial charge in [-0.15, -0.1) is 0 Å². The SMILES string of the molecule is CC(=O)CC(C)Cc1ccc(Cl)c(C)c1. The van der Waals surface area contributed by atoms with Crippen LogP contribution in [0.15, 0.2) is 18.2 Å².